The van der Waals surface area contributed by atoms with Gasteiger partial charge >= 0.3 is 0 Å². The third kappa shape index (κ3) is 11.8. The molecule has 4 aromatic rings. The molecule has 0 spiro atoms. The maximum absolute atomic E-state index is 10.3. The second kappa shape index (κ2) is 18.2. The van der Waals surface area contributed by atoms with E-state index in [4.69, 9.17) is 18.9 Å². The van der Waals surface area contributed by atoms with Crippen molar-refractivity contribution in [2.24, 2.45) is 0 Å². The first-order valence-corrected chi connectivity index (χ1v) is 16.6. The zero-order valence-electron chi connectivity index (χ0n) is 25.0. The molecule has 0 aliphatic rings. The number of hydrogen-bond donors (Lipinski definition) is 4. The average molecular weight is 637 g/mol. The molecule has 0 amide bonds. The van der Waals surface area contributed by atoms with E-state index in [1.165, 1.54) is 0 Å². The van der Waals surface area contributed by atoms with Crippen LogP contribution in [-0.4, -0.2) is 72.9 Å². The molecule has 0 aliphatic heterocycles. The normalized spacial score (nSPS) is 12.2. The Morgan fingerprint density at radius 2 is 0.795 bits per heavy atom. The fourth-order valence-electron chi connectivity index (χ4n) is 3.99. The molecule has 0 aromatic heterocycles. The maximum Gasteiger partial charge on any atom is 0.119 e. The van der Waals surface area contributed by atoms with E-state index in [0.29, 0.717) is 23.0 Å². The van der Waals surface area contributed by atoms with Gasteiger partial charge in [0.25, 0.3) is 0 Å². The minimum atomic E-state index is -0.557. The third-order valence-electron chi connectivity index (χ3n) is 6.34. The van der Waals surface area contributed by atoms with E-state index in [0.717, 1.165) is 45.8 Å². The highest BCUT2D eigenvalue weighted by Crippen LogP contribution is 2.24. The number of anilines is 4. The fraction of sp³-hybridized carbons (Fsp3) is 0.294. The summed E-state index contributed by atoms with van der Waals surface area (Å²) in [5.74, 6) is 5.98. The summed E-state index contributed by atoms with van der Waals surface area (Å²) >= 11 is 3.35. The van der Waals surface area contributed by atoms with Crippen LogP contribution in [0.4, 0.5) is 22.7 Å². The first-order chi connectivity index (χ1) is 21.5. The lowest BCUT2D eigenvalue weighted by molar-refractivity contribution is 0.126. The van der Waals surface area contributed by atoms with Gasteiger partial charge in [-0.1, -0.05) is 0 Å². The number of aliphatic hydroxyl groups excluding tert-OH is 2. The van der Waals surface area contributed by atoms with Gasteiger partial charge < -0.3 is 39.8 Å². The van der Waals surface area contributed by atoms with Crippen LogP contribution >= 0.6 is 23.5 Å². The summed E-state index contributed by atoms with van der Waals surface area (Å²) in [4.78, 5) is 0. The second-order valence-corrected chi connectivity index (χ2v) is 12.1. The van der Waals surface area contributed by atoms with Crippen molar-refractivity contribution in [1.82, 2.24) is 0 Å². The van der Waals surface area contributed by atoms with Gasteiger partial charge in [-0.3, -0.25) is 0 Å². The molecule has 0 heterocycles. The topological polar surface area (TPSA) is 101 Å². The van der Waals surface area contributed by atoms with Gasteiger partial charge in [0.05, 0.1) is 26.4 Å². The van der Waals surface area contributed by atoms with Crippen LogP contribution in [0, 0.1) is 0 Å². The van der Waals surface area contributed by atoms with Gasteiger partial charge in [0.1, 0.15) is 36.2 Å². The Labute approximate surface area is 268 Å². The number of benzene rings is 4. The van der Waals surface area contributed by atoms with Gasteiger partial charge in [0.15, 0.2) is 0 Å². The van der Waals surface area contributed by atoms with Crippen LogP contribution in [0.5, 0.6) is 23.0 Å². The molecule has 0 saturated heterocycles. The van der Waals surface area contributed by atoms with Crippen molar-refractivity contribution in [3.05, 3.63) is 97.1 Å². The lowest BCUT2D eigenvalue weighted by Crippen LogP contribution is -2.21. The van der Waals surface area contributed by atoms with Crippen molar-refractivity contribution in [3.8, 4) is 23.0 Å². The first-order valence-electron chi connectivity index (χ1n) is 14.3. The number of aliphatic hydroxyl groups is 2. The Morgan fingerprint density at radius 3 is 1.09 bits per heavy atom. The molecule has 0 fully saturated rings. The fourth-order valence-corrected chi connectivity index (χ4v) is 6.00. The van der Waals surface area contributed by atoms with Crippen LogP contribution in [-0.2, 0) is 0 Å². The number of nitrogens with one attached hydrogen (secondary N) is 2. The Bertz CT molecular complexity index is 1250. The molecule has 44 heavy (non-hydrogen) atoms. The summed E-state index contributed by atoms with van der Waals surface area (Å²) in [6, 6.07) is 30.7. The van der Waals surface area contributed by atoms with Crippen molar-refractivity contribution in [2.45, 2.75) is 12.2 Å². The first kappa shape index (κ1) is 33.2. The molecule has 2 atom stereocenters. The molecule has 10 heteroatoms. The van der Waals surface area contributed by atoms with Gasteiger partial charge in [0, 0.05) is 45.8 Å². The predicted octanol–water partition coefficient (Wildman–Crippen LogP) is 6.84. The van der Waals surface area contributed by atoms with E-state index in [2.05, 4.69) is 10.6 Å². The summed E-state index contributed by atoms with van der Waals surface area (Å²) in [6.07, 6.45) is -1.11. The minimum absolute atomic E-state index is 0.236. The number of methoxy groups -OCH3 is 2. The third-order valence-corrected chi connectivity index (χ3v) is 8.83. The molecule has 234 valence electrons. The lowest BCUT2D eigenvalue weighted by Gasteiger charge is -2.14. The molecule has 8 nitrogen and oxygen atoms in total. The van der Waals surface area contributed by atoms with Gasteiger partial charge in [-0.15, -0.1) is 0 Å². The van der Waals surface area contributed by atoms with Crippen LogP contribution in [0.2, 0.25) is 0 Å². The van der Waals surface area contributed by atoms with Crippen LogP contribution in [0.15, 0.2) is 97.1 Å². The van der Waals surface area contributed by atoms with Crippen molar-refractivity contribution >= 4 is 46.3 Å². The molecular weight excluding hydrogens is 597 g/mol. The molecule has 4 aromatic carbocycles. The minimum Gasteiger partial charge on any atom is -0.497 e. The van der Waals surface area contributed by atoms with E-state index >= 15 is 0 Å². The van der Waals surface area contributed by atoms with E-state index in [-0.39, 0.29) is 13.2 Å². The summed E-state index contributed by atoms with van der Waals surface area (Å²) in [6.45, 7) is 0.472. The summed E-state index contributed by atoms with van der Waals surface area (Å²) in [5.41, 5.74) is 3.82. The largest absolute Gasteiger partial charge is 0.497 e. The predicted molar refractivity (Wildman–Crippen MR) is 183 cm³/mol. The van der Waals surface area contributed by atoms with Gasteiger partial charge in [-0.2, -0.15) is 23.5 Å². The molecule has 4 rings (SSSR count). The van der Waals surface area contributed by atoms with Gasteiger partial charge in [-0.05, 0) is 97.1 Å². The maximum atomic E-state index is 10.3. The van der Waals surface area contributed by atoms with Crippen molar-refractivity contribution < 1.29 is 29.2 Å². The molecule has 0 radical (unpaired) electrons. The molecule has 0 aliphatic carbocycles. The smallest absolute Gasteiger partial charge is 0.119 e. The Morgan fingerprint density at radius 1 is 0.500 bits per heavy atom. The van der Waals surface area contributed by atoms with Crippen LogP contribution in [0.25, 0.3) is 0 Å². The highest BCUT2D eigenvalue weighted by molar-refractivity contribution is 8.02. The van der Waals surface area contributed by atoms with E-state index in [1.807, 2.05) is 97.1 Å². The van der Waals surface area contributed by atoms with E-state index in [9.17, 15) is 10.2 Å². The highest BCUT2D eigenvalue weighted by Gasteiger charge is 2.08. The summed E-state index contributed by atoms with van der Waals surface area (Å²) in [7, 11) is 3.29. The van der Waals surface area contributed by atoms with Crippen LogP contribution in [0.1, 0.15) is 0 Å². The van der Waals surface area contributed by atoms with Gasteiger partial charge in [0.2, 0.25) is 0 Å². The van der Waals surface area contributed by atoms with E-state index in [1.54, 1.807) is 37.7 Å². The lowest BCUT2D eigenvalue weighted by atomic mass is 10.2. The van der Waals surface area contributed by atoms with Crippen molar-refractivity contribution in [1.29, 1.82) is 0 Å². The molecular formula is C34H40N2O6S2. The number of rotatable bonds is 19. The Hall–Kier alpha value is -3.70. The number of ether oxygens (including phenoxy) is 4. The molecule has 2 unspecified atom stereocenters. The highest BCUT2D eigenvalue weighted by atomic mass is 32.2. The zero-order chi connectivity index (χ0) is 31.0. The van der Waals surface area contributed by atoms with Crippen molar-refractivity contribution in [3.63, 3.8) is 0 Å². The quantitative estimate of drug-likeness (QED) is 0.0819. The Kier molecular flexibility index (Phi) is 13.7. The van der Waals surface area contributed by atoms with Crippen LogP contribution in [0.3, 0.4) is 0 Å². The average Bonchev–Trinajstić information content (AvgIpc) is 3.06. The van der Waals surface area contributed by atoms with Crippen molar-refractivity contribution in [2.75, 3.05) is 61.1 Å². The standard InChI is InChI=1S/C34H40N2O6S2/c1-39-31-11-3-25(4-12-31)35-27-7-15-33(16-8-27)41-21-29(37)23-43-19-20-44-24-30(38)22-42-34-17-9-28(10-18-34)36-26-5-13-32(40-2)14-6-26/h3-18,29-30,35-38H,19-24H2,1-2H3. The summed E-state index contributed by atoms with van der Waals surface area (Å²) < 4.78 is 21.9. The monoisotopic (exact) mass is 636 g/mol. The van der Waals surface area contributed by atoms with Crippen LogP contribution < -0.4 is 29.6 Å². The van der Waals surface area contributed by atoms with Gasteiger partial charge in [-0.25, -0.2) is 0 Å². The molecule has 0 saturated carbocycles. The summed E-state index contributed by atoms with van der Waals surface area (Å²) in [5, 5.41) is 27.3. The zero-order valence-corrected chi connectivity index (χ0v) is 26.6. The number of hydrogen-bond acceptors (Lipinski definition) is 10. The van der Waals surface area contributed by atoms with E-state index < -0.39 is 12.2 Å². The SMILES string of the molecule is COc1ccc(Nc2ccc(OCC(O)CSCCSCC(O)COc3ccc(Nc4ccc(OC)cc4)cc3)cc2)cc1. The molecule has 4 N–H and O–H groups in total. The second-order valence-electron chi connectivity index (χ2n) is 9.84. The molecule has 0 bridgehead atoms. The Balaban J connectivity index is 1.02. The number of thioether (sulfide) groups is 2.